The molecule has 162 valence electrons. The van der Waals surface area contributed by atoms with Crippen molar-refractivity contribution < 1.29 is 0 Å². The Balaban J connectivity index is 1.50. The summed E-state index contributed by atoms with van der Waals surface area (Å²) < 4.78 is 0. The fourth-order valence-corrected chi connectivity index (χ4v) is 4.64. The Kier molecular flexibility index (Phi) is 12.1. The lowest BCUT2D eigenvalue weighted by Gasteiger charge is -2.15. The van der Waals surface area contributed by atoms with E-state index in [0.29, 0.717) is 5.92 Å². The van der Waals surface area contributed by atoms with Crippen LogP contribution < -0.4 is 0 Å². The van der Waals surface area contributed by atoms with E-state index in [1.807, 2.05) is 0 Å². The van der Waals surface area contributed by atoms with Crippen molar-refractivity contribution in [1.82, 2.24) is 0 Å². The second kappa shape index (κ2) is 14.6. The molecule has 0 saturated heterocycles. The highest BCUT2D eigenvalue weighted by molar-refractivity contribution is 5.86. The molecule has 0 bridgehead atoms. The highest BCUT2D eigenvalue weighted by atomic mass is 14.1. The van der Waals surface area contributed by atoms with Gasteiger partial charge in [0.15, 0.2) is 0 Å². The van der Waals surface area contributed by atoms with E-state index in [1.54, 1.807) is 5.56 Å². The first-order valence-electron chi connectivity index (χ1n) is 12.7. The molecule has 0 aromatic heterocycles. The summed E-state index contributed by atoms with van der Waals surface area (Å²) in [5, 5.41) is 2.85. The number of benzene rings is 2. The maximum atomic E-state index is 2.42. The van der Waals surface area contributed by atoms with Crippen molar-refractivity contribution in [3.05, 3.63) is 47.5 Å². The van der Waals surface area contributed by atoms with Crippen LogP contribution in [0, 0.1) is 6.92 Å². The van der Waals surface area contributed by atoms with Crippen molar-refractivity contribution in [3.63, 3.8) is 0 Å². The lowest BCUT2D eigenvalue weighted by Crippen LogP contribution is -1.95. The molecule has 2 aromatic rings. The first-order valence-corrected chi connectivity index (χ1v) is 12.7. The van der Waals surface area contributed by atoms with Crippen LogP contribution in [0.3, 0.4) is 0 Å². The third-order valence-corrected chi connectivity index (χ3v) is 6.59. The SMILES string of the molecule is CCCCCCCCCCCCCCCCC(C)c1cccc2ccc(C)cc12. The number of hydrogen-bond acceptors (Lipinski definition) is 0. The Morgan fingerprint density at radius 1 is 0.655 bits per heavy atom. The molecular formula is C29H46. The Hall–Kier alpha value is -1.30. The summed E-state index contributed by atoms with van der Waals surface area (Å²) in [4.78, 5) is 0. The van der Waals surface area contributed by atoms with Gasteiger partial charge in [-0.2, -0.15) is 0 Å². The summed E-state index contributed by atoms with van der Waals surface area (Å²) >= 11 is 0. The maximum Gasteiger partial charge on any atom is -0.0147 e. The molecule has 0 heterocycles. The minimum atomic E-state index is 0.665. The van der Waals surface area contributed by atoms with E-state index in [0.717, 1.165) is 0 Å². The van der Waals surface area contributed by atoms with Gasteiger partial charge in [0.05, 0.1) is 0 Å². The molecule has 29 heavy (non-hydrogen) atoms. The Morgan fingerprint density at radius 2 is 1.21 bits per heavy atom. The Labute approximate surface area is 181 Å². The second-order valence-corrected chi connectivity index (χ2v) is 9.36. The van der Waals surface area contributed by atoms with Crippen LogP contribution in [0.5, 0.6) is 0 Å². The van der Waals surface area contributed by atoms with Gasteiger partial charge in [-0.15, -0.1) is 0 Å². The summed E-state index contributed by atoms with van der Waals surface area (Å²) in [5.41, 5.74) is 2.91. The van der Waals surface area contributed by atoms with Crippen LogP contribution in [-0.4, -0.2) is 0 Å². The molecule has 0 spiro atoms. The van der Waals surface area contributed by atoms with Gasteiger partial charge >= 0.3 is 0 Å². The van der Waals surface area contributed by atoms with E-state index in [4.69, 9.17) is 0 Å². The zero-order valence-electron chi connectivity index (χ0n) is 19.6. The molecule has 0 heteroatoms. The van der Waals surface area contributed by atoms with E-state index in [2.05, 4.69) is 57.2 Å². The van der Waals surface area contributed by atoms with Gasteiger partial charge in [0.2, 0.25) is 0 Å². The van der Waals surface area contributed by atoms with Crippen LogP contribution in [0.1, 0.15) is 127 Å². The van der Waals surface area contributed by atoms with Crippen molar-refractivity contribution in [1.29, 1.82) is 0 Å². The fraction of sp³-hybridized carbons (Fsp3) is 0.655. The molecule has 0 nitrogen and oxygen atoms in total. The van der Waals surface area contributed by atoms with E-state index in [9.17, 15) is 0 Å². The predicted octanol–water partition coefficient (Wildman–Crippen LogP) is 10.1. The lowest BCUT2D eigenvalue weighted by atomic mass is 9.90. The summed E-state index contributed by atoms with van der Waals surface area (Å²) in [6.07, 6.45) is 21.5. The summed E-state index contributed by atoms with van der Waals surface area (Å²) in [6.45, 7) is 6.92. The number of aryl methyl sites for hydroxylation is 1. The third kappa shape index (κ3) is 9.37. The van der Waals surface area contributed by atoms with E-state index >= 15 is 0 Å². The monoisotopic (exact) mass is 394 g/mol. The molecule has 0 amide bonds. The smallest absolute Gasteiger partial charge is 0.0147 e. The van der Waals surface area contributed by atoms with Gasteiger partial charge in [0.1, 0.15) is 0 Å². The molecule has 1 atom stereocenters. The van der Waals surface area contributed by atoms with Gasteiger partial charge in [0.25, 0.3) is 0 Å². The van der Waals surface area contributed by atoms with Crippen molar-refractivity contribution in [2.24, 2.45) is 0 Å². The molecule has 0 N–H and O–H groups in total. The van der Waals surface area contributed by atoms with Crippen LogP contribution in [0.15, 0.2) is 36.4 Å². The highest BCUT2D eigenvalue weighted by Crippen LogP contribution is 2.30. The van der Waals surface area contributed by atoms with Gasteiger partial charge in [-0.25, -0.2) is 0 Å². The maximum absolute atomic E-state index is 2.42. The molecule has 0 fully saturated rings. The molecule has 0 aliphatic carbocycles. The van der Waals surface area contributed by atoms with Crippen molar-refractivity contribution in [2.75, 3.05) is 0 Å². The summed E-state index contributed by atoms with van der Waals surface area (Å²) in [7, 11) is 0. The standard InChI is InChI=1S/C29H46/c1-4-5-6-7-8-9-10-11-12-13-14-15-16-17-19-26(3)28-21-18-20-27-23-22-25(2)24-29(27)28/h18,20-24,26H,4-17,19H2,1-3H3. The summed E-state index contributed by atoms with van der Waals surface area (Å²) in [5.74, 6) is 0.665. The third-order valence-electron chi connectivity index (χ3n) is 6.59. The van der Waals surface area contributed by atoms with Crippen LogP contribution in [0.4, 0.5) is 0 Å². The average Bonchev–Trinajstić information content (AvgIpc) is 2.73. The number of rotatable bonds is 16. The number of unbranched alkanes of at least 4 members (excludes halogenated alkanes) is 13. The van der Waals surface area contributed by atoms with Crippen molar-refractivity contribution in [2.45, 2.75) is 123 Å². The van der Waals surface area contributed by atoms with Crippen LogP contribution in [0.25, 0.3) is 10.8 Å². The first-order chi connectivity index (χ1) is 14.2. The topological polar surface area (TPSA) is 0 Å². The molecule has 0 radical (unpaired) electrons. The van der Waals surface area contributed by atoms with E-state index in [1.165, 1.54) is 113 Å². The van der Waals surface area contributed by atoms with Gasteiger partial charge < -0.3 is 0 Å². The summed E-state index contributed by atoms with van der Waals surface area (Å²) in [6, 6.07) is 13.7. The Bertz CT molecular complexity index is 669. The van der Waals surface area contributed by atoms with Crippen LogP contribution >= 0.6 is 0 Å². The zero-order chi connectivity index (χ0) is 20.7. The fourth-order valence-electron chi connectivity index (χ4n) is 4.64. The highest BCUT2D eigenvalue weighted by Gasteiger charge is 2.09. The molecule has 2 rings (SSSR count). The number of hydrogen-bond donors (Lipinski definition) is 0. The predicted molar refractivity (Wildman–Crippen MR) is 132 cm³/mol. The van der Waals surface area contributed by atoms with Gasteiger partial charge in [0, 0.05) is 0 Å². The normalized spacial score (nSPS) is 12.5. The quantitative estimate of drug-likeness (QED) is 0.248. The van der Waals surface area contributed by atoms with E-state index in [-0.39, 0.29) is 0 Å². The molecular weight excluding hydrogens is 348 g/mol. The van der Waals surface area contributed by atoms with Crippen molar-refractivity contribution >= 4 is 10.8 Å². The molecule has 0 saturated carbocycles. The average molecular weight is 395 g/mol. The largest absolute Gasteiger partial charge is 0.0654 e. The van der Waals surface area contributed by atoms with E-state index < -0.39 is 0 Å². The first kappa shape index (κ1) is 24.0. The number of fused-ring (bicyclic) bond motifs is 1. The van der Waals surface area contributed by atoms with Gasteiger partial charge in [-0.1, -0.05) is 146 Å². The molecule has 2 aromatic carbocycles. The molecule has 1 unspecified atom stereocenters. The minimum Gasteiger partial charge on any atom is -0.0654 e. The van der Waals surface area contributed by atoms with Gasteiger partial charge in [-0.05, 0) is 35.6 Å². The minimum absolute atomic E-state index is 0.665. The second-order valence-electron chi connectivity index (χ2n) is 9.36. The molecule has 0 aliphatic rings. The molecule has 0 aliphatic heterocycles. The zero-order valence-corrected chi connectivity index (χ0v) is 19.6. The van der Waals surface area contributed by atoms with Crippen LogP contribution in [0.2, 0.25) is 0 Å². The lowest BCUT2D eigenvalue weighted by molar-refractivity contribution is 0.524. The van der Waals surface area contributed by atoms with Crippen molar-refractivity contribution in [3.8, 4) is 0 Å². The van der Waals surface area contributed by atoms with Crippen LogP contribution in [-0.2, 0) is 0 Å². The Morgan fingerprint density at radius 3 is 1.79 bits per heavy atom. The van der Waals surface area contributed by atoms with Gasteiger partial charge in [-0.3, -0.25) is 0 Å².